The highest BCUT2D eigenvalue weighted by Crippen LogP contribution is 2.18. The van der Waals surface area contributed by atoms with Gasteiger partial charge in [-0.05, 0) is 47.2 Å². The molecule has 3 aromatic rings. The molecule has 0 aliphatic carbocycles. The fourth-order valence-electron chi connectivity index (χ4n) is 3.32. The van der Waals surface area contributed by atoms with E-state index in [1.807, 2.05) is 60.4 Å². The molecule has 1 amide bonds. The van der Waals surface area contributed by atoms with Crippen LogP contribution < -0.4 is 4.90 Å². The Morgan fingerprint density at radius 3 is 2.54 bits per heavy atom. The predicted octanol–water partition coefficient (Wildman–Crippen LogP) is 2.52. The van der Waals surface area contributed by atoms with Crippen LogP contribution in [0.2, 0.25) is 5.02 Å². The summed E-state index contributed by atoms with van der Waals surface area (Å²) in [4.78, 5) is 16.6. The first-order chi connectivity index (χ1) is 13.6. The second-order valence-electron chi connectivity index (χ2n) is 6.90. The molecule has 1 aromatic heterocycles. The van der Waals surface area contributed by atoms with E-state index in [0.29, 0.717) is 43.6 Å². The van der Waals surface area contributed by atoms with Gasteiger partial charge >= 0.3 is 0 Å². The molecule has 0 unspecified atom stereocenters. The molecule has 0 saturated carbocycles. The van der Waals surface area contributed by atoms with Gasteiger partial charge in [0.05, 0.1) is 12.1 Å². The Hall–Kier alpha value is -2.93. The van der Waals surface area contributed by atoms with E-state index in [-0.39, 0.29) is 5.91 Å². The van der Waals surface area contributed by atoms with Crippen molar-refractivity contribution in [2.24, 2.45) is 0 Å². The normalized spacial score (nSPS) is 14.4. The average Bonchev–Trinajstić information content (AvgIpc) is 3.18. The van der Waals surface area contributed by atoms with E-state index in [2.05, 4.69) is 20.4 Å². The van der Waals surface area contributed by atoms with E-state index in [1.165, 1.54) is 5.56 Å². The maximum absolute atomic E-state index is 12.6. The minimum atomic E-state index is 0.111. The van der Waals surface area contributed by atoms with Crippen LogP contribution >= 0.6 is 11.6 Å². The molecule has 144 valence electrons. The molecule has 7 nitrogen and oxygen atoms in total. The van der Waals surface area contributed by atoms with Gasteiger partial charge in [0, 0.05) is 31.2 Å². The van der Waals surface area contributed by atoms with Crippen LogP contribution in [0.3, 0.4) is 0 Å². The van der Waals surface area contributed by atoms with Crippen molar-refractivity contribution in [3.8, 4) is 5.69 Å². The lowest BCUT2D eigenvalue weighted by molar-refractivity contribution is -0.130. The molecule has 28 heavy (non-hydrogen) atoms. The number of benzene rings is 2. The first-order valence-corrected chi connectivity index (χ1v) is 9.60. The molecule has 4 rings (SSSR count). The van der Waals surface area contributed by atoms with E-state index >= 15 is 0 Å². The van der Waals surface area contributed by atoms with E-state index in [4.69, 9.17) is 11.6 Å². The fraction of sp³-hybridized carbons (Fsp3) is 0.300. The van der Waals surface area contributed by atoms with Gasteiger partial charge in [-0.1, -0.05) is 46.5 Å². The van der Waals surface area contributed by atoms with Crippen LogP contribution in [0.4, 0.5) is 5.95 Å². The Morgan fingerprint density at radius 1 is 1.07 bits per heavy atom. The molecule has 0 bridgehead atoms. The van der Waals surface area contributed by atoms with Crippen LogP contribution in [0.15, 0.2) is 48.5 Å². The van der Waals surface area contributed by atoms with E-state index in [1.54, 1.807) is 4.68 Å². The average molecular weight is 397 g/mol. The number of amides is 1. The Labute approximate surface area is 168 Å². The number of carbonyl (C=O) groups is 1. The van der Waals surface area contributed by atoms with Gasteiger partial charge < -0.3 is 9.80 Å². The fourth-order valence-corrected chi connectivity index (χ4v) is 3.53. The lowest BCUT2D eigenvalue weighted by Gasteiger charge is -2.34. The number of halogens is 1. The number of aryl methyl sites for hydroxylation is 1. The third-order valence-corrected chi connectivity index (χ3v) is 5.13. The van der Waals surface area contributed by atoms with Gasteiger partial charge in [0.15, 0.2) is 0 Å². The molecule has 1 aliphatic heterocycles. The zero-order valence-electron chi connectivity index (χ0n) is 15.6. The summed E-state index contributed by atoms with van der Waals surface area (Å²) in [5.41, 5.74) is 3.04. The smallest absolute Gasteiger partial charge is 0.250 e. The molecule has 2 aromatic carbocycles. The highest BCUT2D eigenvalue weighted by atomic mass is 35.5. The second kappa shape index (κ2) is 7.98. The molecule has 0 N–H and O–H groups in total. The second-order valence-corrected chi connectivity index (χ2v) is 7.34. The lowest BCUT2D eigenvalue weighted by atomic mass is 10.1. The highest BCUT2D eigenvalue weighted by molar-refractivity contribution is 6.30. The van der Waals surface area contributed by atoms with Crippen LogP contribution in [0.25, 0.3) is 5.69 Å². The Bertz CT molecular complexity index is 963. The van der Waals surface area contributed by atoms with Crippen LogP contribution in [-0.4, -0.2) is 57.2 Å². The van der Waals surface area contributed by atoms with Gasteiger partial charge in [-0.15, -0.1) is 0 Å². The molecule has 2 heterocycles. The Balaban J connectivity index is 1.40. The molecule has 0 atom stereocenters. The Morgan fingerprint density at radius 2 is 1.82 bits per heavy atom. The molecule has 0 spiro atoms. The van der Waals surface area contributed by atoms with Crippen molar-refractivity contribution in [1.29, 1.82) is 0 Å². The molecule has 1 aliphatic rings. The molecule has 1 saturated heterocycles. The van der Waals surface area contributed by atoms with Gasteiger partial charge in [-0.25, -0.2) is 0 Å². The van der Waals surface area contributed by atoms with Gasteiger partial charge in [0.2, 0.25) is 11.9 Å². The van der Waals surface area contributed by atoms with Crippen molar-refractivity contribution >= 4 is 23.5 Å². The molecular formula is C20H21ClN6O. The van der Waals surface area contributed by atoms with Gasteiger partial charge in [0.1, 0.15) is 0 Å². The minimum Gasteiger partial charge on any atom is -0.339 e. The summed E-state index contributed by atoms with van der Waals surface area (Å²) in [7, 11) is 0. The standard InChI is InChI=1S/C20H21ClN6O/c1-15-5-7-18(8-6-15)27-20(22-23-24-27)26-11-9-25(10-12-26)19(28)14-16-3-2-4-17(21)13-16/h2-8,13H,9-12,14H2,1H3. The Kier molecular flexibility index (Phi) is 5.25. The minimum absolute atomic E-state index is 0.111. The van der Waals surface area contributed by atoms with E-state index in [9.17, 15) is 4.79 Å². The summed E-state index contributed by atoms with van der Waals surface area (Å²) < 4.78 is 1.74. The summed E-state index contributed by atoms with van der Waals surface area (Å²) >= 11 is 6.01. The number of anilines is 1. The highest BCUT2D eigenvalue weighted by Gasteiger charge is 2.25. The number of rotatable bonds is 4. The first kappa shape index (κ1) is 18.4. The van der Waals surface area contributed by atoms with E-state index < -0.39 is 0 Å². The van der Waals surface area contributed by atoms with Crippen molar-refractivity contribution in [1.82, 2.24) is 25.1 Å². The third-order valence-electron chi connectivity index (χ3n) is 4.89. The van der Waals surface area contributed by atoms with Crippen LogP contribution in [-0.2, 0) is 11.2 Å². The molecule has 0 radical (unpaired) electrons. The van der Waals surface area contributed by atoms with Gasteiger partial charge in [-0.2, -0.15) is 4.68 Å². The molecule has 1 fully saturated rings. The number of hydrogen-bond donors (Lipinski definition) is 0. The maximum atomic E-state index is 12.6. The van der Waals surface area contributed by atoms with Gasteiger partial charge in [-0.3, -0.25) is 4.79 Å². The van der Waals surface area contributed by atoms with Crippen molar-refractivity contribution in [2.45, 2.75) is 13.3 Å². The summed E-state index contributed by atoms with van der Waals surface area (Å²) in [5.74, 6) is 0.811. The van der Waals surface area contributed by atoms with Crippen molar-refractivity contribution in [3.63, 3.8) is 0 Å². The van der Waals surface area contributed by atoms with Crippen LogP contribution in [0, 0.1) is 6.92 Å². The van der Waals surface area contributed by atoms with Gasteiger partial charge in [0.25, 0.3) is 0 Å². The monoisotopic (exact) mass is 396 g/mol. The summed E-state index contributed by atoms with van der Waals surface area (Å²) in [6.07, 6.45) is 0.363. The van der Waals surface area contributed by atoms with Crippen LogP contribution in [0.1, 0.15) is 11.1 Å². The quantitative estimate of drug-likeness (QED) is 0.677. The van der Waals surface area contributed by atoms with E-state index in [0.717, 1.165) is 11.3 Å². The van der Waals surface area contributed by atoms with Crippen molar-refractivity contribution in [3.05, 3.63) is 64.7 Å². The number of aromatic nitrogens is 4. The summed E-state index contributed by atoms with van der Waals surface area (Å²) in [6, 6.07) is 15.5. The maximum Gasteiger partial charge on any atom is 0.250 e. The zero-order valence-corrected chi connectivity index (χ0v) is 16.4. The summed E-state index contributed by atoms with van der Waals surface area (Å²) in [6.45, 7) is 4.70. The number of tetrazole rings is 1. The lowest BCUT2D eigenvalue weighted by Crippen LogP contribution is -2.50. The predicted molar refractivity (Wildman–Crippen MR) is 108 cm³/mol. The summed E-state index contributed by atoms with van der Waals surface area (Å²) in [5, 5.41) is 12.8. The number of hydrogen-bond acceptors (Lipinski definition) is 5. The first-order valence-electron chi connectivity index (χ1n) is 9.23. The molecular weight excluding hydrogens is 376 g/mol. The largest absolute Gasteiger partial charge is 0.339 e. The SMILES string of the molecule is Cc1ccc(-n2nnnc2N2CCN(C(=O)Cc3cccc(Cl)c3)CC2)cc1. The van der Waals surface area contributed by atoms with Crippen LogP contribution in [0.5, 0.6) is 0 Å². The number of nitrogens with zero attached hydrogens (tertiary/aromatic N) is 6. The third kappa shape index (κ3) is 3.99. The molecule has 8 heteroatoms. The topological polar surface area (TPSA) is 67.2 Å². The number of carbonyl (C=O) groups excluding carboxylic acids is 1. The van der Waals surface area contributed by atoms with Crippen molar-refractivity contribution < 1.29 is 4.79 Å². The zero-order chi connectivity index (χ0) is 19.5. The number of piperazine rings is 1. The van der Waals surface area contributed by atoms with Crippen molar-refractivity contribution in [2.75, 3.05) is 31.1 Å².